The lowest BCUT2D eigenvalue weighted by atomic mass is 9.51. The predicted octanol–water partition coefficient (Wildman–Crippen LogP) is 5.44. The van der Waals surface area contributed by atoms with Crippen LogP contribution in [-0.4, -0.2) is 35.7 Å². The van der Waals surface area contributed by atoms with Crippen LogP contribution in [0.15, 0.2) is 48.5 Å². The maximum Gasteiger partial charge on any atom is 0.119 e. The Morgan fingerprint density at radius 3 is 2.55 bits per heavy atom. The number of hydrogen-bond donors (Lipinski definition) is 1. The third-order valence-electron chi connectivity index (χ3n) is 7.56. The molecule has 0 amide bonds. The summed E-state index contributed by atoms with van der Waals surface area (Å²) in [6.07, 6.45) is 2.05. The molecule has 4 heteroatoms. The van der Waals surface area contributed by atoms with E-state index in [1.54, 1.807) is 0 Å². The van der Waals surface area contributed by atoms with Crippen molar-refractivity contribution in [3.05, 3.63) is 59.7 Å². The zero-order chi connectivity index (χ0) is 19.9. The molecule has 2 aromatic rings. The van der Waals surface area contributed by atoms with Crippen LogP contribution in [0.25, 0.3) is 0 Å². The molecule has 0 saturated carbocycles. The zero-order valence-electron chi connectivity index (χ0n) is 18.0. The van der Waals surface area contributed by atoms with E-state index in [2.05, 4.69) is 38.7 Å². The fourth-order valence-corrected chi connectivity index (χ4v) is 5.46. The minimum atomic E-state index is 0. The van der Waals surface area contributed by atoms with Crippen LogP contribution in [0, 0.1) is 11.3 Å². The number of piperidine rings is 1. The molecule has 158 valence electrons. The third kappa shape index (κ3) is 3.75. The quantitative estimate of drug-likeness (QED) is 0.705. The number of benzene rings is 2. The molecule has 2 aromatic carbocycles. The van der Waals surface area contributed by atoms with Gasteiger partial charge in [-0.15, -0.1) is 12.4 Å². The Morgan fingerprint density at radius 1 is 1.10 bits per heavy atom. The van der Waals surface area contributed by atoms with Gasteiger partial charge in [-0.2, -0.15) is 0 Å². The summed E-state index contributed by atoms with van der Waals surface area (Å²) in [5.74, 6) is 1.86. The van der Waals surface area contributed by atoms with E-state index in [1.165, 1.54) is 5.56 Å². The number of phenols is 1. The van der Waals surface area contributed by atoms with Crippen molar-refractivity contribution in [3.63, 3.8) is 0 Å². The molecule has 0 unspecified atom stereocenters. The van der Waals surface area contributed by atoms with E-state index >= 15 is 0 Å². The number of para-hydroxylation sites is 1. The molecule has 2 bridgehead atoms. The van der Waals surface area contributed by atoms with Gasteiger partial charge in [0, 0.05) is 23.9 Å². The number of ether oxygens (including phenoxy) is 1. The van der Waals surface area contributed by atoms with E-state index in [4.69, 9.17) is 4.74 Å². The van der Waals surface area contributed by atoms with E-state index in [-0.39, 0.29) is 23.2 Å². The first-order valence-corrected chi connectivity index (χ1v) is 10.6. The van der Waals surface area contributed by atoms with Crippen molar-refractivity contribution in [3.8, 4) is 11.5 Å². The molecule has 4 rings (SSSR count). The zero-order valence-corrected chi connectivity index (χ0v) is 18.8. The van der Waals surface area contributed by atoms with Crippen LogP contribution >= 0.6 is 12.4 Å². The Balaban J connectivity index is 0.00000240. The van der Waals surface area contributed by atoms with Gasteiger partial charge in [-0.3, -0.25) is 4.90 Å². The molecular formula is C25H34ClNO2. The Labute approximate surface area is 181 Å². The summed E-state index contributed by atoms with van der Waals surface area (Å²) in [5, 5.41) is 10.5. The van der Waals surface area contributed by atoms with Gasteiger partial charge in [0.05, 0.1) is 6.61 Å². The Hall–Kier alpha value is -1.71. The highest BCUT2D eigenvalue weighted by molar-refractivity contribution is 5.85. The summed E-state index contributed by atoms with van der Waals surface area (Å²) >= 11 is 0. The summed E-state index contributed by atoms with van der Waals surface area (Å²) in [7, 11) is 0. The molecule has 1 saturated heterocycles. The van der Waals surface area contributed by atoms with E-state index in [9.17, 15) is 5.11 Å². The van der Waals surface area contributed by atoms with Crippen LogP contribution in [0.1, 0.15) is 45.2 Å². The fourth-order valence-electron chi connectivity index (χ4n) is 5.46. The maximum absolute atomic E-state index is 10.5. The van der Waals surface area contributed by atoms with Crippen molar-refractivity contribution < 1.29 is 9.84 Å². The molecule has 1 fully saturated rings. The van der Waals surface area contributed by atoms with Gasteiger partial charge in [0.2, 0.25) is 0 Å². The molecule has 2 aliphatic rings. The Bertz CT molecular complexity index is 838. The van der Waals surface area contributed by atoms with Crippen LogP contribution in [-0.2, 0) is 11.8 Å². The smallest absolute Gasteiger partial charge is 0.119 e. The van der Waals surface area contributed by atoms with Gasteiger partial charge in [-0.25, -0.2) is 0 Å². The van der Waals surface area contributed by atoms with Crippen molar-refractivity contribution in [2.24, 2.45) is 11.3 Å². The first-order valence-electron chi connectivity index (χ1n) is 10.6. The number of rotatable bonds is 5. The molecular weight excluding hydrogens is 382 g/mol. The van der Waals surface area contributed by atoms with Crippen LogP contribution in [0.3, 0.4) is 0 Å². The van der Waals surface area contributed by atoms with Crippen LogP contribution < -0.4 is 4.74 Å². The second kappa shape index (κ2) is 8.20. The van der Waals surface area contributed by atoms with Crippen LogP contribution in [0.4, 0.5) is 0 Å². The molecule has 1 heterocycles. The molecule has 1 N–H and O–H groups in total. The number of aromatic hydroxyl groups is 1. The number of fused-ring (bicyclic) bond motifs is 4. The average Bonchev–Trinajstić information content (AvgIpc) is 2.67. The second-order valence-corrected chi connectivity index (χ2v) is 9.55. The highest BCUT2D eigenvalue weighted by Crippen LogP contribution is 2.57. The summed E-state index contributed by atoms with van der Waals surface area (Å²) in [4.78, 5) is 2.65. The highest BCUT2D eigenvalue weighted by Gasteiger charge is 2.56. The molecule has 0 aromatic heterocycles. The fraction of sp³-hybridized carbons (Fsp3) is 0.520. The monoisotopic (exact) mass is 415 g/mol. The van der Waals surface area contributed by atoms with Crippen LogP contribution in [0.5, 0.6) is 11.5 Å². The lowest BCUT2D eigenvalue weighted by Crippen LogP contribution is -2.64. The molecule has 29 heavy (non-hydrogen) atoms. The van der Waals surface area contributed by atoms with E-state index < -0.39 is 0 Å². The van der Waals surface area contributed by atoms with Gasteiger partial charge in [0.25, 0.3) is 0 Å². The number of phenolic OH excluding ortho intramolecular Hbond substituents is 1. The summed E-state index contributed by atoms with van der Waals surface area (Å²) in [6, 6.07) is 16.6. The Morgan fingerprint density at radius 2 is 1.83 bits per heavy atom. The number of halogens is 1. The van der Waals surface area contributed by atoms with Gasteiger partial charge in [-0.05, 0) is 54.1 Å². The molecule has 1 aliphatic heterocycles. The predicted molar refractivity (Wildman–Crippen MR) is 121 cm³/mol. The van der Waals surface area contributed by atoms with Crippen molar-refractivity contribution in [2.45, 2.75) is 52.0 Å². The van der Waals surface area contributed by atoms with Gasteiger partial charge in [0.15, 0.2) is 0 Å². The summed E-state index contributed by atoms with van der Waals surface area (Å²) in [5.41, 5.74) is 2.78. The third-order valence-corrected chi connectivity index (χ3v) is 7.56. The number of hydrogen-bond acceptors (Lipinski definition) is 3. The normalized spacial score (nSPS) is 26.1. The molecule has 3 atom stereocenters. The maximum atomic E-state index is 10.5. The number of likely N-dealkylation sites (tertiary alicyclic amines) is 1. The van der Waals surface area contributed by atoms with E-state index in [0.717, 1.165) is 43.9 Å². The lowest BCUT2D eigenvalue weighted by Gasteiger charge is -2.61. The SMILES string of the molecule is C[C@H](COc1ccccc1)CN1CC[C@@]2(C)c3cccc(O)c3C[C@@H]1C2(C)C.Cl. The standard InChI is InChI=1S/C25H33NO2.ClH/c1-18(17-28-19-9-6-5-7-10-19)16-26-14-13-25(4)21-11-8-12-22(27)20(21)15-23(26)24(25,2)3;/h5-12,18,23,27H,13-17H2,1-4H3;1H/t18-,23+,25-;/m0./s1. The summed E-state index contributed by atoms with van der Waals surface area (Å²) in [6.45, 7) is 12.4. The van der Waals surface area contributed by atoms with Crippen molar-refractivity contribution in [2.75, 3.05) is 19.7 Å². The van der Waals surface area contributed by atoms with E-state index in [1.807, 2.05) is 42.5 Å². The van der Waals surface area contributed by atoms with Gasteiger partial charge in [-0.1, -0.05) is 58.0 Å². The minimum Gasteiger partial charge on any atom is -0.508 e. The van der Waals surface area contributed by atoms with Crippen LogP contribution in [0.2, 0.25) is 0 Å². The molecule has 1 aliphatic carbocycles. The molecule has 3 nitrogen and oxygen atoms in total. The Kier molecular flexibility index (Phi) is 6.21. The molecule has 0 radical (unpaired) electrons. The lowest BCUT2D eigenvalue weighted by molar-refractivity contribution is -0.0458. The molecule has 0 spiro atoms. The van der Waals surface area contributed by atoms with Gasteiger partial charge >= 0.3 is 0 Å². The largest absolute Gasteiger partial charge is 0.508 e. The topological polar surface area (TPSA) is 32.7 Å². The van der Waals surface area contributed by atoms with Crippen molar-refractivity contribution in [1.82, 2.24) is 4.90 Å². The van der Waals surface area contributed by atoms with Crippen molar-refractivity contribution >= 4 is 12.4 Å². The first kappa shape index (κ1) is 22.0. The van der Waals surface area contributed by atoms with Gasteiger partial charge < -0.3 is 9.84 Å². The average molecular weight is 416 g/mol. The second-order valence-electron chi connectivity index (χ2n) is 9.55. The summed E-state index contributed by atoms with van der Waals surface area (Å²) < 4.78 is 5.99. The number of nitrogens with zero attached hydrogens (tertiary/aromatic N) is 1. The highest BCUT2D eigenvalue weighted by atomic mass is 35.5. The van der Waals surface area contributed by atoms with Crippen molar-refractivity contribution in [1.29, 1.82) is 0 Å². The van der Waals surface area contributed by atoms with Gasteiger partial charge in [0.1, 0.15) is 11.5 Å². The minimum absolute atomic E-state index is 0. The van der Waals surface area contributed by atoms with E-state index in [0.29, 0.717) is 17.7 Å². The first-order chi connectivity index (χ1) is 13.3.